The average Bonchev–Trinajstić information content (AvgIpc) is 2.37. The number of carboxylic acid groups (broad SMARTS) is 1. The number of benzene rings is 1. The summed E-state index contributed by atoms with van der Waals surface area (Å²) >= 11 is 1.88. The highest BCUT2D eigenvalue weighted by Crippen LogP contribution is 2.14. The van der Waals surface area contributed by atoms with Crippen molar-refractivity contribution in [1.82, 2.24) is 0 Å². The van der Waals surface area contributed by atoms with Crippen molar-refractivity contribution in [3.05, 3.63) is 41.5 Å². The molecule has 1 rings (SSSR count). The molecular formula is C14H18O3S. The third-order valence-electron chi connectivity index (χ3n) is 2.30. The van der Waals surface area contributed by atoms with Crippen molar-refractivity contribution in [2.24, 2.45) is 0 Å². The second-order valence-electron chi connectivity index (χ2n) is 3.81. The van der Waals surface area contributed by atoms with Crippen LogP contribution in [-0.2, 0) is 15.3 Å². The van der Waals surface area contributed by atoms with Crippen molar-refractivity contribution in [3.8, 4) is 0 Å². The molecule has 0 bridgehead atoms. The first-order valence-corrected chi connectivity index (χ1v) is 6.94. The van der Waals surface area contributed by atoms with Crippen LogP contribution in [0.4, 0.5) is 0 Å². The smallest absolute Gasteiger partial charge is 0.328 e. The number of rotatable bonds is 8. The number of hydrogen-bond donors (Lipinski definition) is 1. The second kappa shape index (κ2) is 8.78. The molecule has 0 aliphatic rings. The maximum atomic E-state index is 10.4. The molecular weight excluding hydrogens is 248 g/mol. The van der Waals surface area contributed by atoms with Gasteiger partial charge in [0.1, 0.15) is 0 Å². The van der Waals surface area contributed by atoms with E-state index in [0.29, 0.717) is 0 Å². The van der Waals surface area contributed by atoms with Crippen LogP contribution in [0.5, 0.6) is 0 Å². The van der Waals surface area contributed by atoms with E-state index in [1.807, 2.05) is 36.0 Å². The summed E-state index contributed by atoms with van der Waals surface area (Å²) in [7, 11) is 1.72. The Bertz CT molecular complexity index is 385. The molecule has 0 spiro atoms. The largest absolute Gasteiger partial charge is 0.478 e. The number of methoxy groups -OCH3 is 1. The number of thioether (sulfide) groups is 1. The second-order valence-corrected chi connectivity index (χ2v) is 4.92. The predicted molar refractivity (Wildman–Crippen MR) is 75.8 cm³/mol. The molecule has 3 nitrogen and oxygen atoms in total. The van der Waals surface area contributed by atoms with Crippen LogP contribution in [0.1, 0.15) is 17.5 Å². The lowest BCUT2D eigenvalue weighted by molar-refractivity contribution is -0.131. The Labute approximate surface area is 112 Å². The molecule has 0 aliphatic heterocycles. The van der Waals surface area contributed by atoms with Gasteiger partial charge in [-0.05, 0) is 29.4 Å². The van der Waals surface area contributed by atoms with Crippen LogP contribution in [0, 0.1) is 0 Å². The van der Waals surface area contributed by atoms with Gasteiger partial charge in [-0.1, -0.05) is 24.3 Å². The molecule has 0 unspecified atom stereocenters. The quantitative estimate of drug-likeness (QED) is 0.580. The molecule has 0 aliphatic carbocycles. The summed E-state index contributed by atoms with van der Waals surface area (Å²) in [5.74, 6) is 1.15. The van der Waals surface area contributed by atoms with Crippen molar-refractivity contribution >= 4 is 23.8 Å². The number of carbonyl (C=O) groups is 1. The molecule has 0 fully saturated rings. The molecule has 0 amide bonds. The van der Waals surface area contributed by atoms with Crippen LogP contribution in [0.2, 0.25) is 0 Å². The van der Waals surface area contributed by atoms with Gasteiger partial charge >= 0.3 is 5.97 Å². The number of carboxylic acids is 1. The molecule has 0 saturated heterocycles. The zero-order chi connectivity index (χ0) is 13.2. The maximum Gasteiger partial charge on any atom is 0.328 e. The van der Waals surface area contributed by atoms with E-state index in [2.05, 4.69) is 0 Å². The fourth-order valence-electron chi connectivity index (χ4n) is 1.39. The van der Waals surface area contributed by atoms with E-state index >= 15 is 0 Å². The Balaban J connectivity index is 2.34. The predicted octanol–water partition coefficient (Wildman–Crippen LogP) is 3.05. The van der Waals surface area contributed by atoms with Crippen LogP contribution < -0.4 is 0 Å². The van der Waals surface area contributed by atoms with Gasteiger partial charge < -0.3 is 9.84 Å². The zero-order valence-corrected chi connectivity index (χ0v) is 11.3. The van der Waals surface area contributed by atoms with Gasteiger partial charge in [-0.25, -0.2) is 4.79 Å². The summed E-state index contributed by atoms with van der Waals surface area (Å²) < 4.78 is 4.99. The monoisotopic (exact) mass is 266 g/mol. The molecule has 1 aromatic carbocycles. The van der Waals surface area contributed by atoms with E-state index in [0.717, 1.165) is 36.2 Å². The van der Waals surface area contributed by atoms with Gasteiger partial charge in [-0.2, -0.15) is 11.8 Å². The normalized spacial score (nSPS) is 10.9. The number of aliphatic carboxylic acids is 1. The van der Waals surface area contributed by atoms with Gasteiger partial charge in [-0.15, -0.1) is 0 Å². The fourth-order valence-corrected chi connectivity index (χ4v) is 2.28. The van der Waals surface area contributed by atoms with Gasteiger partial charge in [0.15, 0.2) is 0 Å². The molecule has 0 aromatic heterocycles. The molecule has 18 heavy (non-hydrogen) atoms. The first kappa shape index (κ1) is 14.8. The molecule has 0 atom stereocenters. The molecule has 0 heterocycles. The van der Waals surface area contributed by atoms with E-state index in [4.69, 9.17) is 9.84 Å². The lowest BCUT2D eigenvalue weighted by atomic mass is 10.1. The van der Waals surface area contributed by atoms with E-state index in [1.54, 1.807) is 13.2 Å². The Kier molecular flexibility index (Phi) is 7.22. The zero-order valence-electron chi connectivity index (χ0n) is 10.5. The standard InChI is InChI=1S/C14H18O3S/c1-17-9-2-10-18-11-13-5-3-12(4-6-13)7-8-14(15)16/h3-8H,2,9-11H2,1H3,(H,15,16). The first-order valence-electron chi connectivity index (χ1n) is 5.79. The third-order valence-corrected chi connectivity index (χ3v) is 3.42. The van der Waals surface area contributed by atoms with Crippen molar-refractivity contribution in [3.63, 3.8) is 0 Å². The summed E-state index contributed by atoms with van der Waals surface area (Å²) in [6.07, 6.45) is 3.81. The highest BCUT2D eigenvalue weighted by atomic mass is 32.2. The van der Waals surface area contributed by atoms with Crippen LogP contribution in [-0.4, -0.2) is 30.5 Å². The van der Waals surface area contributed by atoms with E-state index in [-0.39, 0.29) is 0 Å². The Morgan fingerprint density at radius 1 is 1.39 bits per heavy atom. The first-order chi connectivity index (χ1) is 8.72. The van der Waals surface area contributed by atoms with Crippen LogP contribution >= 0.6 is 11.8 Å². The van der Waals surface area contributed by atoms with Gasteiger partial charge in [0.05, 0.1) is 0 Å². The van der Waals surface area contributed by atoms with E-state index < -0.39 is 5.97 Å². The lowest BCUT2D eigenvalue weighted by Crippen LogP contribution is -1.91. The topological polar surface area (TPSA) is 46.5 Å². The Hall–Kier alpha value is -1.26. The van der Waals surface area contributed by atoms with Gasteiger partial charge in [0.25, 0.3) is 0 Å². The minimum atomic E-state index is -0.923. The van der Waals surface area contributed by atoms with Gasteiger partial charge in [-0.3, -0.25) is 0 Å². The highest BCUT2D eigenvalue weighted by molar-refractivity contribution is 7.98. The SMILES string of the molecule is COCCCSCc1ccc(C=CC(=O)O)cc1. The van der Waals surface area contributed by atoms with Crippen LogP contribution in [0.3, 0.4) is 0 Å². The summed E-state index contributed by atoms with van der Waals surface area (Å²) in [5, 5.41) is 8.52. The van der Waals surface area contributed by atoms with Gasteiger partial charge in [0, 0.05) is 25.5 Å². The minimum Gasteiger partial charge on any atom is -0.478 e. The summed E-state index contributed by atoms with van der Waals surface area (Å²) in [5.41, 5.74) is 2.16. The molecule has 0 saturated carbocycles. The lowest BCUT2D eigenvalue weighted by Gasteiger charge is -2.02. The summed E-state index contributed by atoms with van der Waals surface area (Å²) in [6, 6.07) is 7.94. The van der Waals surface area contributed by atoms with Crippen LogP contribution in [0.25, 0.3) is 6.08 Å². The van der Waals surface area contributed by atoms with Gasteiger partial charge in [0.2, 0.25) is 0 Å². The Morgan fingerprint density at radius 2 is 2.11 bits per heavy atom. The number of hydrogen-bond acceptors (Lipinski definition) is 3. The van der Waals surface area contributed by atoms with Crippen LogP contribution in [0.15, 0.2) is 30.3 Å². The van der Waals surface area contributed by atoms with E-state index in [9.17, 15) is 4.79 Å². The fraction of sp³-hybridized carbons (Fsp3) is 0.357. The number of ether oxygens (including phenoxy) is 1. The maximum absolute atomic E-state index is 10.4. The minimum absolute atomic E-state index is 0.811. The summed E-state index contributed by atoms with van der Waals surface area (Å²) in [4.78, 5) is 10.4. The molecule has 0 radical (unpaired) electrons. The molecule has 4 heteroatoms. The van der Waals surface area contributed by atoms with Crippen molar-refractivity contribution in [2.45, 2.75) is 12.2 Å². The Morgan fingerprint density at radius 3 is 2.72 bits per heavy atom. The average molecular weight is 266 g/mol. The van der Waals surface area contributed by atoms with Crippen molar-refractivity contribution < 1.29 is 14.6 Å². The van der Waals surface area contributed by atoms with E-state index in [1.165, 1.54) is 5.56 Å². The summed E-state index contributed by atoms with van der Waals surface area (Å²) in [6.45, 7) is 0.811. The molecule has 98 valence electrons. The van der Waals surface area contributed by atoms with Crippen molar-refractivity contribution in [2.75, 3.05) is 19.5 Å². The van der Waals surface area contributed by atoms with Crippen molar-refractivity contribution in [1.29, 1.82) is 0 Å². The third kappa shape index (κ3) is 6.47. The molecule has 1 N–H and O–H groups in total. The molecule has 1 aromatic rings. The highest BCUT2D eigenvalue weighted by Gasteiger charge is 1.95.